The summed E-state index contributed by atoms with van der Waals surface area (Å²) >= 11 is 0. The molecule has 2 N–H and O–H groups in total. The van der Waals surface area contributed by atoms with Gasteiger partial charge >= 0.3 is 36.2 Å². The van der Waals surface area contributed by atoms with Crippen LogP contribution in [-0.2, 0) is 63.7 Å². The van der Waals surface area contributed by atoms with Crippen molar-refractivity contribution in [3.05, 3.63) is 189 Å². The molecule has 3 aliphatic carbocycles. The lowest BCUT2D eigenvalue weighted by atomic mass is 9.44. The zero-order chi connectivity index (χ0) is 60.3. The van der Waals surface area contributed by atoms with E-state index in [1.807, 2.05) is 0 Å². The third-order valence-corrected chi connectivity index (χ3v) is 16.3. The van der Waals surface area contributed by atoms with Crippen LogP contribution in [0.3, 0.4) is 0 Å². The lowest BCUT2D eigenvalue weighted by molar-refractivity contribution is -0.384. The molecule has 1 unspecified atom stereocenters. The van der Waals surface area contributed by atoms with E-state index in [-0.39, 0.29) is 45.9 Å². The number of nitro benzene ring substituents is 1. The Kier molecular flexibility index (Phi) is 16.9. The number of hydrogen-bond acceptors (Lipinski definition) is 20. The number of aliphatic hydroxyl groups is 1. The quantitative estimate of drug-likeness (QED) is 0.0235. The number of non-ortho nitro benzene ring substituents is 1. The van der Waals surface area contributed by atoms with Crippen molar-refractivity contribution in [2.45, 2.75) is 115 Å². The molecule has 0 spiro atoms. The number of nitrogens with zero attached hydrogens (tertiary/aromatic N) is 1. The van der Waals surface area contributed by atoms with E-state index >= 15 is 9.59 Å². The highest BCUT2D eigenvalue weighted by Crippen LogP contribution is 2.65. The smallest absolute Gasteiger partial charge is 0.455 e. The second kappa shape index (κ2) is 23.9. The maximum atomic E-state index is 16.4. The molecule has 0 radical (unpaired) electrons. The highest BCUT2D eigenvalue weighted by atomic mass is 16.7. The summed E-state index contributed by atoms with van der Waals surface area (Å²) in [5, 5.41) is 28.5. The van der Waals surface area contributed by atoms with Crippen LogP contribution in [0.15, 0.2) is 157 Å². The van der Waals surface area contributed by atoms with Gasteiger partial charge in [-0.05, 0) is 72.5 Å². The lowest BCUT2D eigenvalue weighted by Crippen LogP contribution is -2.82. The molecule has 5 aromatic rings. The number of nitrogens with one attached hydrogen (secondary N) is 1. The van der Waals surface area contributed by atoms with Crippen LogP contribution in [-0.4, -0.2) is 112 Å². The van der Waals surface area contributed by atoms with Gasteiger partial charge in [-0.25, -0.2) is 19.2 Å². The number of fused-ring (bicyclic) bond motifs is 5. The monoisotopic (exact) mass is 1150 g/mol. The van der Waals surface area contributed by atoms with Gasteiger partial charge in [-0.2, -0.15) is 0 Å². The number of Topliss-reactive ketones (excluding diaryl/α,β-unsaturated/α-hetero) is 1. The number of nitro groups is 1. The van der Waals surface area contributed by atoms with Crippen molar-refractivity contribution in [2.24, 2.45) is 16.7 Å². The van der Waals surface area contributed by atoms with Crippen molar-refractivity contribution in [1.82, 2.24) is 5.32 Å². The fourth-order valence-corrected chi connectivity index (χ4v) is 12.2. The zero-order valence-electron chi connectivity index (χ0n) is 46.5. The van der Waals surface area contributed by atoms with Crippen molar-refractivity contribution in [2.75, 3.05) is 6.61 Å². The van der Waals surface area contributed by atoms with Crippen molar-refractivity contribution in [3.63, 3.8) is 0 Å². The number of carbonyl (C=O) groups is 8. The summed E-state index contributed by atoms with van der Waals surface area (Å²) in [5.41, 5.74) is -8.38. The van der Waals surface area contributed by atoms with E-state index in [9.17, 15) is 44.0 Å². The highest BCUT2D eigenvalue weighted by molar-refractivity contribution is 5.97. The Balaban J connectivity index is 1.20. The lowest BCUT2D eigenvalue weighted by Gasteiger charge is -2.67. The van der Waals surface area contributed by atoms with Gasteiger partial charge < -0.3 is 53.1 Å². The highest BCUT2D eigenvalue weighted by Gasteiger charge is 2.79. The molecular formula is C62H60N2O20. The average molecular weight is 1150 g/mol. The van der Waals surface area contributed by atoms with Crippen molar-refractivity contribution in [1.29, 1.82) is 0 Å². The van der Waals surface area contributed by atoms with Crippen LogP contribution in [0.5, 0.6) is 5.75 Å². The van der Waals surface area contributed by atoms with E-state index < -0.39 is 143 Å². The molecule has 1 heterocycles. The second-order valence-electron chi connectivity index (χ2n) is 21.7. The Morgan fingerprint density at radius 2 is 1.35 bits per heavy atom. The summed E-state index contributed by atoms with van der Waals surface area (Å²) in [7, 11) is 0. The second-order valence-corrected chi connectivity index (χ2v) is 21.7. The van der Waals surface area contributed by atoms with E-state index in [1.54, 1.807) is 97.1 Å². The maximum absolute atomic E-state index is 16.4. The number of ketones is 1. The number of carbonyl (C=O) groups excluding carboxylic acids is 8. The summed E-state index contributed by atoms with van der Waals surface area (Å²) in [6.07, 6.45) is -14.8. The molecule has 1 aliphatic heterocycles. The van der Waals surface area contributed by atoms with Crippen LogP contribution < -0.4 is 10.1 Å². The molecular weight excluding hydrogens is 1090 g/mol. The van der Waals surface area contributed by atoms with Crippen LogP contribution in [0.4, 0.5) is 15.3 Å². The minimum absolute atomic E-state index is 0.0215. The number of rotatable bonds is 16. The van der Waals surface area contributed by atoms with Gasteiger partial charge in [0.1, 0.15) is 48.4 Å². The molecule has 5 aromatic carbocycles. The first kappa shape index (κ1) is 59.3. The van der Waals surface area contributed by atoms with E-state index in [4.69, 9.17) is 42.6 Å². The Bertz CT molecular complexity index is 3380. The predicted octanol–water partition coefficient (Wildman–Crippen LogP) is 8.23. The Morgan fingerprint density at radius 3 is 1.92 bits per heavy atom. The molecule has 3 fully saturated rings. The predicted molar refractivity (Wildman–Crippen MR) is 291 cm³/mol. The minimum Gasteiger partial charge on any atom is -0.455 e. The number of amides is 1. The van der Waals surface area contributed by atoms with Gasteiger partial charge in [0.25, 0.3) is 11.6 Å². The third-order valence-electron chi connectivity index (χ3n) is 16.3. The van der Waals surface area contributed by atoms with Gasteiger partial charge in [-0.15, -0.1) is 0 Å². The maximum Gasteiger partial charge on any atom is 0.514 e. The molecule has 438 valence electrons. The fourth-order valence-electron chi connectivity index (χ4n) is 12.2. The average Bonchev–Trinajstić information content (AvgIpc) is 0.754. The van der Waals surface area contributed by atoms with Crippen molar-refractivity contribution in [3.8, 4) is 5.75 Å². The van der Waals surface area contributed by atoms with Gasteiger partial charge in [0, 0.05) is 49.8 Å². The molecule has 1 amide bonds. The topological polar surface area (TPSA) is 295 Å². The first-order valence-electron chi connectivity index (χ1n) is 26.8. The van der Waals surface area contributed by atoms with Gasteiger partial charge in [0.2, 0.25) is 6.10 Å². The van der Waals surface area contributed by atoms with Gasteiger partial charge in [-0.3, -0.25) is 29.3 Å². The van der Waals surface area contributed by atoms with E-state index in [0.29, 0.717) is 5.56 Å². The Labute approximate surface area is 481 Å². The molecule has 2 saturated carbocycles. The van der Waals surface area contributed by atoms with Gasteiger partial charge in [0.15, 0.2) is 17.5 Å². The molecule has 9 rings (SSSR count). The molecule has 4 aliphatic rings. The summed E-state index contributed by atoms with van der Waals surface area (Å²) in [4.78, 5) is 127. The molecule has 11 atom stereocenters. The third kappa shape index (κ3) is 11.5. The standard InChI is InChI=1S/C62H60N2O20/c1-35-44(80-56(70)50(82-57(71)76-33-38-19-11-7-12-20-38)48(39-21-13-8-14-22-39)63-54(68)40-23-15-9-16-24-40)32-62(73)53(83-55(69)41-25-17-10-18-26-41)51-60(6,52(67)49(78-36(2)65)47(35)59(62,4)5)45(31-46-61(51,34-77-46)84-37(3)66)81-58(72)79-43-29-27-42(28-30-43)64(74)75/h7-30,44-46,48-51,53,73H,31-34H2,1-6H3,(H,63,68)/t44-,45-,46+,48-,49+,50+,51-,53-,60?,61-,62+/m0/s1. The van der Waals surface area contributed by atoms with Crippen molar-refractivity contribution < 1.29 is 91.0 Å². The van der Waals surface area contributed by atoms with E-state index in [1.165, 1.54) is 52.0 Å². The molecule has 22 nitrogen and oxygen atoms in total. The normalized spacial score (nSPS) is 26.2. The molecule has 22 heteroatoms. The zero-order valence-corrected chi connectivity index (χ0v) is 46.5. The minimum atomic E-state index is -2.64. The van der Waals surface area contributed by atoms with Gasteiger partial charge in [-0.1, -0.05) is 111 Å². The summed E-state index contributed by atoms with van der Waals surface area (Å²) in [6.45, 7) is 7.08. The number of ether oxygens (including phenoxy) is 9. The molecule has 84 heavy (non-hydrogen) atoms. The number of esters is 4. The van der Waals surface area contributed by atoms with Crippen LogP contribution in [0.25, 0.3) is 0 Å². The van der Waals surface area contributed by atoms with Crippen LogP contribution in [0.2, 0.25) is 0 Å². The first-order chi connectivity index (χ1) is 40.0. The van der Waals surface area contributed by atoms with Crippen LogP contribution in [0.1, 0.15) is 92.3 Å². The number of hydrogen-bond donors (Lipinski definition) is 2. The van der Waals surface area contributed by atoms with E-state index in [2.05, 4.69) is 5.32 Å². The Morgan fingerprint density at radius 1 is 0.750 bits per heavy atom. The SMILES string of the molecule is CC(=O)O[C@H]1C(=O)C2(C)[C@@H](OC(=O)Oc3ccc([N+](=O)[O-])cc3)C[C@H]3OC[C@@]3(OC(C)=O)[C@H]2[C@H](OC(=O)c2ccccc2)[C@]2(O)C[C@H](OC(=O)[C@H](OC(=O)OCc3ccccc3)[C@@H](NC(=O)c3ccccc3)c3ccccc3)C(C)=C1C2(C)C. The fraction of sp³-hybridized carbons (Fsp3) is 0.355. The summed E-state index contributed by atoms with van der Waals surface area (Å²) in [6, 6.07) is 35.1. The van der Waals surface area contributed by atoms with Crippen molar-refractivity contribution >= 4 is 53.6 Å². The Hall–Kier alpha value is -9.28. The summed E-state index contributed by atoms with van der Waals surface area (Å²) in [5.74, 6) is -8.05. The van der Waals surface area contributed by atoms with E-state index in [0.717, 1.165) is 38.1 Å². The molecule has 1 saturated heterocycles. The summed E-state index contributed by atoms with van der Waals surface area (Å²) < 4.78 is 54.3. The first-order valence-corrected chi connectivity index (χ1v) is 26.8. The molecule has 0 aromatic heterocycles. The van der Waals surface area contributed by atoms with Crippen LogP contribution >= 0.6 is 0 Å². The van der Waals surface area contributed by atoms with Gasteiger partial charge in [0.05, 0.1) is 28.4 Å². The number of benzene rings is 5. The van der Waals surface area contributed by atoms with Crippen LogP contribution in [0, 0.1) is 26.9 Å². The molecule has 2 bridgehead atoms. The largest absolute Gasteiger partial charge is 0.514 e.